The van der Waals surface area contributed by atoms with Crippen molar-refractivity contribution in [2.24, 2.45) is 24.4 Å². The van der Waals surface area contributed by atoms with Gasteiger partial charge >= 0.3 is 0 Å². The van der Waals surface area contributed by atoms with E-state index in [1.165, 1.54) is 12.1 Å². The van der Waals surface area contributed by atoms with E-state index in [0.717, 1.165) is 126 Å². The molecular formula is C44H61F2N11O2. The molecule has 5 aliphatic rings. The summed E-state index contributed by atoms with van der Waals surface area (Å²) < 4.78 is 33.3. The average Bonchev–Trinajstić information content (AvgIpc) is 3.86. The number of rotatable bonds is 10. The van der Waals surface area contributed by atoms with Crippen molar-refractivity contribution in [3.05, 3.63) is 70.6 Å². The van der Waals surface area contributed by atoms with Gasteiger partial charge in [-0.25, -0.2) is 8.78 Å². The molecule has 5 N–H and O–H groups in total. The molecule has 6 heterocycles. The van der Waals surface area contributed by atoms with Gasteiger partial charge in [-0.3, -0.25) is 19.0 Å². The summed E-state index contributed by atoms with van der Waals surface area (Å²) >= 11 is 0. The molecule has 3 aromatic rings. The molecule has 2 saturated heterocycles. The van der Waals surface area contributed by atoms with E-state index in [9.17, 15) is 18.4 Å². The van der Waals surface area contributed by atoms with E-state index in [4.69, 9.17) is 16.6 Å². The van der Waals surface area contributed by atoms with Gasteiger partial charge in [0.2, 0.25) is 5.91 Å². The van der Waals surface area contributed by atoms with E-state index in [0.29, 0.717) is 42.5 Å². The van der Waals surface area contributed by atoms with Gasteiger partial charge in [-0.1, -0.05) is 19.3 Å². The smallest absolute Gasteiger partial charge is 0.267 e. The Labute approximate surface area is 346 Å². The zero-order chi connectivity index (χ0) is 41.2. The quantitative estimate of drug-likeness (QED) is 0.175. The minimum atomic E-state index is -2.65. The number of carbonyl (C=O) groups is 2. The summed E-state index contributed by atoms with van der Waals surface area (Å²) in [6.07, 6.45) is 16.2. The van der Waals surface area contributed by atoms with E-state index in [-0.39, 0.29) is 35.2 Å². The highest BCUT2D eigenvalue weighted by Gasteiger charge is 2.35. The van der Waals surface area contributed by atoms with Gasteiger partial charge in [0.1, 0.15) is 0 Å². The number of hydrogen-bond acceptors (Lipinski definition) is 9. The molecule has 318 valence electrons. The fraction of sp³-hybridized carbons (Fsp3) is 0.591. The number of amides is 2. The highest BCUT2D eigenvalue weighted by atomic mass is 19.3. The van der Waals surface area contributed by atoms with Crippen LogP contribution in [-0.2, 0) is 36.0 Å². The van der Waals surface area contributed by atoms with Crippen molar-refractivity contribution in [2.75, 3.05) is 50.7 Å². The summed E-state index contributed by atoms with van der Waals surface area (Å²) in [5.74, 6) is 1.83. The molecule has 0 radical (unpaired) electrons. The number of nitrogens with zero attached hydrogens (tertiary/aromatic N) is 8. The minimum absolute atomic E-state index is 0.00618. The number of alkyl halides is 2. The average molecular weight is 814 g/mol. The van der Waals surface area contributed by atoms with Crippen molar-refractivity contribution in [1.82, 2.24) is 39.6 Å². The van der Waals surface area contributed by atoms with Gasteiger partial charge in [0.05, 0.1) is 30.3 Å². The maximum absolute atomic E-state index is 14.7. The van der Waals surface area contributed by atoms with Gasteiger partial charge in [0.25, 0.3) is 12.3 Å². The van der Waals surface area contributed by atoms with Crippen LogP contribution in [0.5, 0.6) is 0 Å². The molecule has 59 heavy (non-hydrogen) atoms. The third-order valence-corrected chi connectivity index (χ3v) is 13.4. The number of aromatic nitrogens is 4. The second-order valence-corrected chi connectivity index (χ2v) is 17.4. The van der Waals surface area contributed by atoms with Crippen LogP contribution in [0, 0.1) is 5.92 Å². The Morgan fingerprint density at radius 1 is 0.915 bits per heavy atom. The molecule has 0 unspecified atom stereocenters. The number of likely N-dealkylation sites (tertiary alicyclic amines) is 2. The van der Waals surface area contributed by atoms with Crippen LogP contribution in [0.3, 0.4) is 0 Å². The number of halogens is 2. The van der Waals surface area contributed by atoms with Crippen molar-refractivity contribution in [3.63, 3.8) is 0 Å². The van der Waals surface area contributed by atoms with Gasteiger partial charge in [-0.15, -0.1) is 0 Å². The molecule has 15 heteroatoms. The Bertz CT molecular complexity index is 2050. The molecular weight excluding hydrogens is 753 g/mol. The standard InChI is InChI=1S/C44H61F2N11O2/c1-29(58)55-22-16-39-37(28-55)43(56-17-6-7-31-23-35(32-25-49-52(2)27-32)36(42(45)46)24-40(31)56)51-57(39)34-14-18-53(19-15-34)26-30-12-20-54(21-13-30)41(48)11-10-38(47)44(59)50-33-8-4-3-5-9-33/h10-11,23-25,27,30,33-34,42H,3-9,12-22,26,28,47-48H2,1-2H3,(H,50,59)/b38-10-,41-11+. The number of nitrogens with two attached hydrogens (primary N) is 2. The normalized spacial score (nSPS) is 20.6. The lowest BCUT2D eigenvalue weighted by atomic mass is 9.92. The number of nitrogens with one attached hydrogen (secondary N) is 1. The summed E-state index contributed by atoms with van der Waals surface area (Å²) in [4.78, 5) is 34.0. The fourth-order valence-corrected chi connectivity index (χ4v) is 10.0. The van der Waals surface area contributed by atoms with Crippen LogP contribution in [-0.4, -0.2) is 97.9 Å². The van der Waals surface area contributed by atoms with E-state index >= 15 is 0 Å². The number of fused-ring (bicyclic) bond motifs is 2. The largest absolute Gasteiger partial charge is 0.394 e. The number of hydrogen-bond donors (Lipinski definition) is 3. The molecule has 2 aromatic heterocycles. The summed E-state index contributed by atoms with van der Waals surface area (Å²) in [7, 11) is 1.79. The summed E-state index contributed by atoms with van der Waals surface area (Å²) in [5.41, 5.74) is 18.0. The Hall–Kier alpha value is -4.92. The lowest BCUT2D eigenvalue weighted by Crippen LogP contribution is -2.42. The van der Waals surface area contributed by atoms with Crippen LogP contribution in [0.15, 0.2) is 48.2 Å². The molecule has 1 saturated carbocycles. The second-order valence-electron chi connectivity index (χ2n) is 17.4. The first-order chi connectivity index (χ1) is 28.5. The number of piperidine rings is 2. The van der Waals surface area contributed by atoms with Crippen LogP contribution in [0.1, 0.15) is 106 Å². The first-order valence-corrected chi connectivity index (χ1v) is 21.8. The highest BCUT2D eigenvalue weighted by molar-refractivity contribution is 5.92. The maximum atomic E-state index is 14.7. The molecule has 8 rings (SSSR count). The number of benzene rings is 1. The van der Waals surface area contributed by atoms with Crippen molar-refractivity contribution in [2.45, 2.75) is 109 Å². The Morgan fingerprint density at radius 2 is 1.68 bits per heavy atom. The van der Waals surface area contributed by atoms with Gasteiger partial charge in [0.15, 0.2) is 5.82 Å². The van der Waals surface area contributed by atoms with Crippen molar-refractivity contribution >= 4 is 23.3 Å². The molecule has 4 aliphatic heterocycles. The zero-order valence-corrected chi connectivity index (χ0v) is 34.7. The molecule has 0 spiro atoms. The maximum Gasteiger partial charge on any atom is 0.267 e. The molecule has 2 amide bonds. The lowest BCUT2D eigenvalue weighted by Gasteiger charge is -2.38. The molecule has 0 bridgehead atoms. The highest BCUT2D eigenvalue weighted by Crippen LogP contribution is 2.44. The summed E-state index contributed by atoms with van der Waals surface area (Å²) in [5, 5.41) is 12.7. The molecule has 13 nitrogen and oxygen atoms in total. The van der Waals surface area contributed by atoms with Gasteiger partial charge in [-0.2, -0.15) is 10.2 Å². The van der Waals surface area contributed by atoms with Crippen LogP contribution in [0.2, 0.25) is 0 Å². The second kappa shape index (κ2) is 17.7. The SMILES string of the molecule is CC(=O)N1CCc2c(c(N3CCCc4cc(-c5cnn(C)c5)c(C(F)F)cc43)nn2C2CCN(CC3CCN(/C(N)=C/C=C(\N)C(=O)NC4CCCCC4)CC3)CC2)C1. The molecule has 3 fully saturated rings. The third kappa shape index (κ3) is 9.00. The van der Waals surface area contributed by atoms with Crippen molar-refractivity contribution in [1.29, 1.82) is 0 Å². The third-order valence-electron chi connectivity index (χ3n) is 13.4. The predicted octanol–water partition coefficient (Wildman–Crippen LogP) is 5.65. The van der Waals surface area contributed by atoms with E-state index in [1.54, 1.807) is 49.3 Å². The van der Waals surface area contributed by atoms with Crippen molar-refractivity contribution < 1.29 is 18.4 Å². The summed E-state index contributed by atoms with van der Waals surface area (Å²) in [6, 6.07) is 4.02. The summed E-state index contributed by atoms with van der Waals surface area (Å²) in [6.45, 7) is 8.14. The minimum Gasteiger partial charge on any atom is -0.394 e. The Morgan fingerprint density at radius 3 is 2.37 bits per heavy atom. The van der Waals surface area contributed by atoms with Crippen LogP contribution < -0.4 is 21.7 Å². The van der Waals surface area contributed by atoms with E-state index < -0.39 is 6.43 Å². The topological polar surface area (TPSA) is 147 Å². The monoisotopic (exact) mass is 813 g/mol. The molecule has 1 aliphatic carbocycles. The van der Waals surface area contributed by atoms with Crippen LogP contribution >= 0.6 is 0 Å². The Balaban J connectivity index is 0.916. The Kier molecular flexibility index (Phi) is 12.3. The first kappa shape index (κ1) is 40.8. The van der Waals surface area contributed by atoms with E-state index in [1.807, 2.05) is 11.0 Å². The van der Waals surface area contributed by atoms with Crippen molar-refractivity contribution in [3.8, 4) is 11.1 Å². The number of aryl methyl sites for hydroxylation is 2. The fourth-order valence-electron chi connectivity index (χ4n) is 10.0. The zero-order valence-electron chi connectivity index (χ0n) is 34.7. The van der Waals surface area contributed by atoms with E-state index in [2.05, 4.69) is 29.8 Å². The number of carbonyl (C=O) groups excluding carboxylic acids is 2. The molecule has 1 aromatic carbocycles. The van der Waals surface area contributed by atoms with Crippen LogP contribution in [0.4, 0.5) is 20.3 Å². The van der Waals surface area contributed by atoms with Gasteiger partial charge in [0, 0.05) is 107 Å². The molecule has 0 atom stereocenters. The first-order valence-electron chi connectivity index (χ1n) is 21.8. The lowest BCUT2D eigenvalue weighted by molar-refractivity contribution is -0.129. The number of allylic oxidation sites excluding steroid dienone is 2. The predicted molar refractivity (Wildman–Crippen MR) is 225 cm³/mol. The van der Waals surface area contributed by atoms with Gasteiger partial charge < -0.3 is 36.4 Å². The van der Waals surface area contributed by atoms with Crippen LogP contribution in [0.25, 0.3) is 11.1 Å². The number of anilines is 2. The van der Waals surface area contributed by atoms with Gasteiger partial charge in [-0.05, 0) is 92.7 Å².